The number of aryl methyl sites for hydroxylation is 2. The zero-order valence-corrected chi connectivity index (χ0v) is 15.3. The largest absolute Gasteiger partial charge is 0.332 e. The quantitative estimate of drug-likeness (QED) is 0.867. The summed E-state index contributed by atoms with van der Waals surface area (Å²) in [6.45, 7) is 3.83. The van der Waals surface area contributed by atoms with Crippen molar-refractivity contribution in [3.63, 3.8) is 0 Å². The molecule has 122 valence electrons. The molecule has 0 aliphatic rings. The molecule has 0 spiro atoms. The molecule has 2 amide bonds. The number of anilines is 1. The third kappa shape index (κ3) is 4.25. The van der Waals surface area contributed by atoms with E-state index >= 15 is 0 Å². The monoisotopic (exact) mass is 370 g/mol. The smallest absolute Gasteiger partial charge is 0.264 e. The number of rotatable bonds is 4. The second-order valence-corrected chi connectivity index (χ2v) is 7.23. The zero-order valence-electron chi connectivity index (χ0n) is 12.9. The van der Waals surface area contributed by atoms with Crippen molar-refractivity contribution in [3.8, 4) is 0 Å². The molecule has 0 saturated carbocycles. The van der Waals surface area contributed by atoms with E-state index in [1.54, 1.807) is 25.2 Å². The van der Waals surface area contributed by atoms with Crippen molar-refractivity contribution in [1.29, 1.82) is 0 Å². The Balaban J connectivity index is 2.03. The molecule has 1 N–H and O–H groups in total. The highest BCUT2D eigenvalue weighted by atomic mass is 35.5. The lowest BCUT2D eigenvalue weighted by Gasteiger charge is -2.16. The van der Waals surface area contributed by atoms with Crippen LogP contribution in [0.2, 0.25) is 10.0 Å². The number of carbonyl (C=O) groups excluding carboxylic acids is 2. The second-order valence-electron chi connectivity index (χ2n) is 5.16. The van der Waals surface area contributed by atoms with Crippen molar-refractivity contribution >= 4 is 52.0 Å². The number of thiophene rings is 1. The summed E-state index contributed by atoms with van der Waals surface area (Å²) in [4.78, 5) is 27.5. The molecule has 0 radical (unpaired) electrons. The van der Waals surface area contributed by atoms with Crippen LogP contribution in [0.5, 0.6) is 0 Å². The van der Waals surface area contributed by atoms with Crippen LogP contribution < -0.4 is 5.32 Å². The maximum atomic E-state index is 12.3. The number of halogens is 2. The minimum atomic E-state index is -0.360. The van der Waals surface area contributed by atoms with Crippen LogP contribution in [0.25, 0.3) is 0 Å². The van der Waals surface area contributed by atoms with Gasteiger partial charge in [-0.15, -0.1) is 11.3 Å². The maximum Gasteiger partial charge on any atom is 0.264 e. The number of amides is 2. The minimum Gasteiger partial charge on any atom is -0.332 e. The predicted octanol–water partition coefficient (Wildman–Crippen LogP) is 4.38. The molecule has 0 bridgehead atoms. The van der Waals surface area contributed by atoms with Gasteiger partial charge in [0.1, 0.15) is 0 Å². The molecular weight excluding hydrogens is 355 g/mol. The first kappa shape index (κ1) is 17.8. The van der Waals surface area contributed by atoms with E-state index in [0.717, 1.165) is 10.4 Å². The first-order valence-electron chi connectivity index (χ1n) is 6.86. The van der Waals surface area contributed by atoms with Crippen molar-refractivity contribution in [2.45, 2.75) is 13.8 Å². The maximum absolute atomic E-state index is 12.3. The summed E-state index contributed by atoms with van der Waals surface area (Å²) in [5.41, 5.74) is 1.42. The Hall–Kier alpha value is -1.56. The Morgan fingerprint density at radius 3 is 2.35 bits per heavy atom. The van der Waals surface area contributed by atoms with E-state index in [1.807, 2.05) is 19.9 Å². The SMILES string of the molecule is Cc1cc(C(=O)N(C)CC(=O)Nc2c(Cl)cccc2Cl)sc1C. The number of carbonyl (C=O) groups is 2. The highest BCUT2D eigenvalue weighted by molar-refractivity contribution is 7.14. The van der Waals surface area contributed by atoms with Crippen LogP contribution in [-0.4, -0.2) is 30.3 Å². The summed E-state index contributed by atoms with van der Waals surface area (Å²) in [5, 5.41) is 3.34. The van der Waals surface area contributed by atoms with Gasteiger partial charge in [-0.05, 0) is 37.6 Å². The average molecular weight is 371 g/mol. The molecule has 23 heavy (non-hydrogen) atoms. The van der Waals surface area contributed by atoms with Gasteiger partial charge in [-0.2, -0.15) is 0 Å². The molecule has 0 aliphatic heterocycles. The summed E-state index contributed by atoms with van der Waals surface area (Å²) >= 11 is 13.4. The standard InChI is InChI=1S/C16H16Cl2N2O2S/c1-9-7-13(23-10(9)2)16(22)20(3)8-14(21)19-15-11(17)5-4-6-12(15)18/h4-7H,8H2,1-3H3,(H,19,21). The summed E-state index contributed by atoms with van der Waals surface area (Å²) in [7, 11) is 1.58. The Kier molecular flexibility index (Phi) is 5.68. The van der Waals surface area contributed by atoms with Crippen molar-refractivity contribution in [3.05, 3.63) is 49.6 Å². The average Bonchev–Trinajstić information content (AvgIpc) is 2.82. The fraction of sp³-hybridized carbons (Fsp3) is 0.250. The highest BCUT2D eigenvalue weighted by Gasteiger charge is 2.18. The van der Waals surface area contributed by atoms with E-state index in [9.17, 15) is 9.59 Å². The van der Waals surface area contributed by atoms with Gasteiger partial charge in [-0.3, -0.25) is 9.59 Å². The number of para-hydroxylation sites is 1. The Bertz CT molecular complexity index is 719. The second kappa shape index (κ2) is 7.34. The molecule has 2 aromatic rings. The van der Waals surface area contributed by atoms with Gasteiger partial charge in [0.2, 0.25) is 5.91 Å². The molecule has 1 heterocycles. The minimum absolute atomic E-state index is 0.0869. The first-order valence-corrected chi connectivity index (χ1v) is 8.43. The lowest BCUT2D eigenvalue weighted by molar-refractivity contribution is -0.116. The van der Waals surface area contributed by atoms with Crippen LogP contribution in [-0.2, 0) is 4.79 Å². The van der Waals surface area contributed by atoms with Gasteiger partial charge in [0.15, 0.2) is 0 Å². The molecular formula is C16H16Cl2N2O2S. The molecule has 1 aromatic heterocycles. The van der Waals surface area contributed by atoms with E-state index < -0.39 is 0 Å². The number of nitrogens with one attached hydrogen (secondary N) is 1. The summed E-state index contributed by atoms with van der Waals surface area (Å²) < 4.78 is 0. The molecule has 0 fully saturated rings. The van der Waals surface area contributed by atoms with Gasteiger partial charge < -0.3 is 10.2 Å². The molecule has 7 heteroatoms. The Morgan fingerprint density at radius 1 is 1.22 bits per heavy atom. The van der Waals surface area contributed by atoms with E-state index in [1.165, 1.54) is 16.2 Å². The van der Waals surface area contributed by atoms with Crippen molar-refractivity contribution in [2.24, 2.45) is 0 Å². The van der Waals surface area contributed by atoms with Gasteiger partial charge in [0.05, 0.1) is 27.2 Å². The first-order chi connectivity index (χ1) is 10.8. The third-order valence-corrected chi connectivity index (χ3v) is 5.10. The van der Waals surface area contributed by atoms with E-state index in [4.69, 9.17) is 23.2 Å². The lowest BCUT2D eigenvalue weighted by atomic mass is 10.2. The molecule has 0 aliphatic carbocycles. The number of hydrogen-bond acceptors (Lipinski definition) is 3. The number of benzene rings is 1. The van der Waals surface area contributed by atoms with E-state index in [0.29, 0.717) is 20.6 Å². The highest BCUT2D eigenvalue weighted by Crippen LogP contribution is 2.29. The van der Waals surface area contributed by atoms with Gasteiger partial charge in [0, 0.05) is 11.9 Å². The van der Waals surface area contributed by atoms with Crippen LogP contribution >= 0.6 is 34.5 Å². The molecule has 2 rings (SSSR count). The number of nitrogens with zero attached hydrogens (tertiary/aromatic N) is 1. The van der Waals surface area contributed by atoms with Gasteiger partial charge in [0.25, 0.3) is 5.91 Å². The van der Waals surface area contributed by atoms with Crippen LogP contribution in [0.3, 0.4) is 0 Å². The normalized spacial score (nSPS) is 10.5. The van der Waals surface area contributed by atoms with Gasteiger partial charge >= 0.3 is 0 Å². The lowest BCUT2D eigenvalue weighted by Crippen LogP contribution is -2.34. The van der Waals surface area contributed by atoms with E-state index in [-0.39, 0.29) is 18.4 Å². The number of likely N-dealkylation sites (N-methyl/N-ethyl adjacent to an activating group) is 1. The van der Waals surface area contributed by atoms with Crippen LogP contribution in [0.1, 0.15) is 20.1 Å². The van der Waals surface area contributed by atoms with Crippen LogP contribution in [0, 0.1) is 13.8 Å². The molecule has 4 nitrogen and oxygen atoms in total. The Labute approximate surface area is 149 Å². The fourth-order valence-corrected chi connectivity index (χ4v) is 3.47. The van der Waals surface area contributed by atoms with Crippen LogP contribution in [0.15, 0.2) is 24.3 Å². The van der Waals surface area contributed by atoms with E-state index in [2.05, 4.69) is 5.32 Å². The topological polar surface area (TPSA) is 49.4 Å². The van der Waals surface area contributed by atoms with Crippen molar-refractivity contribution in [1.82, 2.24) is 4.90 Å². The Morgan fingerprint density at radius 2 is 1.83 bits per heavy atom. The van der Waals surface area contributed by atoms with Crippen molar-refractivity contribution < 1.29 is 9.59 Å². The molecule has 0 unspecified atom stereocenters. The molecule has 0 atom stereocenters. The van der Waals surface area contributed by atoms with Gasteiger partial charge in [-0.1, -0.05) is 29.3 Å². The van der Waals surface area contributed by atoms with Crippen LogP contribution in [0.4, 0.5) is 5.69 Å². The molecule has 0 saturated heterocycles. The molecule has 1 aromatic carbocycles. The fourth-order valence-electron chi connectivity index (χ4n) is 1.95. The number of hydrogen-bond donors (Lipinski definition) is 1. The predicted molar refractivity (Wildman–Crippen MR) is 95.8 cm³/mol. The summed E-state index contributed by atoms with van der Waals surface area (Å²) in [6.07, 6.45) is 0. The third-order valence-electron chi connectivity index (χ3n) is 3.33. The summed E-state index contributed by atoms with van der Waals surface area (Å²) in [6, 6.07) is 6.79. The summed E-state index contributed by atoms with van der Waals surface area (Å²) in [5.74, 6) is -0.549. The zero-order chi connectivity index (χ0) is 17.1. The van der Waals surface area contributed by atoms with Crippen molar-refractivity contribution in [2.75, 3.05) is 18.9 Å². The van der Waals surface area contributed by atoms with Gasteiger partial charge in [-0.25, -0.2) is 0 Å².